The molecule has 0 radical (unpaired) electrons. The zero-order chi connectivity index (χ0) is 13.8. The van der Waals surface area contributed by atoms with E-state index in [1.54, 1.807) is 25.1 Å². The molecule has 2 aromatic rings. The molecule has 2 N–H and O–H groups in total. The molecule has 5 heteroatoms. The molecular formula is C14H19N3O2. The van der Waals surface area contributed by atoms with Crippen LogP contribution < -0.4 is 15.2 Å². The van der Waals surface area contributed by atoms with E-state index < -0.39 is 0 Å². The molecule has 0 bridgehead atoms. The SMILES string of the molecule is COc1ccc(CC(N)c2cnn(C)c2)cc1OC. The molecule has 5 nitrogen and oxygen atoms in total. The van der Waals surface area contributed by atoms with Gasteiger partial charge >= 0.3 is 0 Å². The maximum Gasteiger partial charge on any atom is 0.160 e. The predicted octanol–water partition coefficient (Wildman–Crippen LogP) is 1.68. The summed E-state index contributed by atoms with van der Waals surface area (Å²) in [5.74, 6) is 1.44. The second-order valence-corrected chi connectivity index (χ2v) is 4.45. The number of aromatic nitrogens is 2. The Morgan fingerprint density at radius 3 is 2.58 bits per heavy atom. The summed E-state index contributed by atoms with van der Waals surface area (Å²) in [7, 11) is 5.13. The number of rotatable bonds is 5. The number of benzene rings is 1. The van der Waals surface area contributed by atoms with Gasteiger partial charge in [0.1, 0.15) is 0 Å². The second-order valence-electron chi connectivity index (χ2n) is 4.45. The first-order valence-electron chi connectivity index (χ1n) is 6.09. The van der Waals surface area contributed by atoms with E-state index in [-0.39, 0.29) is 6.04 Å². The Morgan fingerprint density at radius 1 is 1.26 bits per heavy atom. The molecule has 0 aliphatic carbocycles. The van der Waals surface area contributed by atoms with Crippen molar-refractivity contribution in [3.05, 3.63) is 41.7 Å². The van der Waals surface area contributed by atoms with Crippen LogP contribution in [0.25, 0.3) is 0 Å². The normalized spacial score (nSPS) is 12.2. The predicted molar refractivity (Wildman–Crippen MR) is 73.4 cm³/mol. The lowest BCUT2D eigenvalue weighted by Gasteiger charge is -2.12. The van der Waals surface area contributed by atoms with Crippen molar-refractivity contribution in [3.8, 4) is 11.5 Å². The minimum Gasteiger partial charge on any atom is -0.493 e. The minimum atomic E-state index is -0.0770. The third-order valence-corrected chi connectivity index (χ3v) is 3.06. The van der Waals surface area contributed by atoms with Gasteiger partial charge in [0.15, 0.2) is 11.5 Å². The number of aryl methyl sites for hydroxylation is 1. The van der Waals surface area contributed by atoms with Gasteiger partial charge in [0.25, 0.3) is 0 Å². The van der Waals surface area contributed by atoms with E-state index in [1.165, 1.54) is 0 Å². The van der Waals surface area contributed by atoms with Crippen molar-refractivity contribution in [2.24, 2.45) is 12.8 Å². The van der Waals surface area contributed by atoms with Crippen LogP contribution in [0.2, 0.25) is 0 Å². The number of methoxy groups -OCH3 is 2. The fourth-order valence-electron chi connectivity index (χ4n) is 2.01. The van der Waals surface area contributed by atoms with E-state index in [0.29, 0.717) is 0 Å². The van der Waals surface area contributed by atoms with Gasteiger partial charge in [-0.2, -0.15) is 5.10 Å². The molecule has 19 heavy (non-hydrogen) atoms. The molecule has 0 spiro atoms. The maximum absolute atomic E-state index is 6.18. The summed E-state index contributed by atoms with van der Waals surface area (Å²) in [4.78, 5) is 0. The first-order valence-corrected chi connectivity index (χ1v) is 6.09. The Hall–Kier alpha value is -2.01. The molecule has 1 heterocycles. The molecule has 1 aromatic heterocycles. The molecule has 0 aliphatic heterocycles. The van der Waals surface area contributed by atoms with Gasteiger partial charge in [0.05, 0.1) is 20.4 Å². The van der Waals surface area contributed by atoms with Crippen LogP contribution in [0.5, 0.6) is 11.5 Å². The Kier molecular flexibility index (Phi) is 4.06. The molecule has 1 aromatic carbocycles. The van der Waals surface area contributed by atoms with Crippen molar-refractivity contribution < 1.29 is 9.47 Å². The molecule has 2 rings (SSSR count). The number of nitrogens with two attached hydrogens (primary N) is 1. The lowest BCUT2D eigenvalue weighted by Crippen LogP contribution is -2.12. The van der Waals surface area contributed by atoms with Gasteiger partial charge in [-0.05, 0) is 24.1 Å². The van der Waals surface area contributed by atoms with E-state index in [2.05, 4.69) is 5.10 Å². The van der Waals surface area contributed by atoms with Gasteiger partial charge in [-0.15, -0.1) is 0 Å². The minimum absolute atomic E-state index is 0.0770. The molecule has 1 atom stereocenters. The highest BCUT2D eigenvalue weighted by Crippen LogP contribution is 2.29. The van der Waals surface area contributed by atoms with Crippen LogP contribution >= 0.6 is 0 Å². The molecule has 0 amide bonds. The van der Waals surface area contributed by atoms with E-state index >= 15 is 0 Å². The molecule has 0 saturated carbocycles. The van der Waals surface area contributed by atoms with Crippen molar-refractivity contribution in [3.63, 3.8) is 0 Å². The molecular weight excluding hydrogens is 242 g/mol. The van der Waals surface area contributed by atoms with Crippen molar-refractivity contribution in [1.82, 2.24) is 9.78 Å². The molecule has 1 unspecified atom stereocenters. The van der Waals surface area contributed by atoms with Crippen molar-refractivity contribution in [2.45, 2.75) is 12.5 Å². The molecule has 102 valence electrons. The summed E-state index contributed by atoms with van der Waals surface area (Å²) in [5.41, 5.74) is 8.31. The lowest BCUT2D eigenvalue weighted by atomic mass is 10.0. The van der Waals surface area contributed by atoms with Crippen LogP contribution in [0.3, 0.4) is 0 Å². The molecule has 0 aliphatic rings. The van der Waals surface area contributed by atoms with E-state index in [4.69, 9.17) is 15.2 Å². The lowest BCUT2D eigenvalue weighted by molar-refractivity contribution is 0.354. The number of hydrogen-bond acceptors (Lipinski definition) is 4. The second kappa shape index (κ2) is 5.75. The van der Waals surface area contributed by atoms with E-state index in [1.807, 2.05) is 31.4 Å². The fourth-order valence-corrected chi connectivity index (χ4v) is 2.01. The van der Waals surface area contributed by atoms with Gasteiger partial charge in [-0.25, -0.2) is 0 Å². The zero-order valence-corrected chi connectivity index (χ0v) is 11.5. The highest BCUT2D eigenvalue weighted by atomic mass is 16.5. The standard InChI is InChI=1S/C14H19N3O2/c1-17-9-11(8-16-17)12(15)6-10-4-5-13(18-2)14(7-10)19-3/h4-5,7-9,12H,6,15H2,1-3H3. The largest absolute Gasteiger partial charge is 0.493 e. The quantitative estimate of drug-likeness (QED) is 0.889. The third kappa shape index (κ3) is 3.06. The Balaban J connectivity index is 2.14. The van der Waals surface area contributed by atoms with Crippen LogP contribution in [0.15, 0.2) is 30.6 Å². The average Bonchev–Trinajstić information content (AvgIpc) is 2.85. The molecule has 0 saturated heterocycles. The number of ether oxygens (including phenoxy) is 2. The first-order chi connectivity index (χ1) is 9.13. The Morgan fingerprint density at radius 2 is 2.00 bits per heavy atom. The van der Waals surface area contributed by atoms with E-state index in [0.717, 1.165) is 29.0 Å². The smallest absolute Gasteiger partial charge is 0.160 e. The summed E-state index contributed by atoms with van der Waals surface area (Å²) in [5, 5.41) is 4.13. The topological polar surface area (TPSA) is 62.3 Å². The van der Waals surface area contributed by atoms with Crippen LogP contribution in [0, 0.1) is 0 Å². The fraction of sp³-hybridized carbons (Fsp3) is 0.357. The van der Waals surface area contributed by atoms with Crippen LogP contribution in [0.1, 0.15) is 17.2 Å². The zero-order valence-electron chi connectivity index (χ0n) is 11.5. The maximum atomic E-state index is 6.18. The number of hydrogen-bond donors (Lipinski definition) is 1. The van der Waals surface area contributed by atoms with Crippen molar-refractivity contribution >= 4 is 0 Å². The third-order valence-electron chi connectivity index (χ3n) is 3.06. The van der Waals surface area contributed by atoms with Gasteiger partial charge in [0.2, 0.25) is 0 Å². The summed E-state index contributed by atoms with van der Waals surface area (Å²) >= 11 is 0. The Bertz CT molecular complexity index is 551. The van der Waals surface area contributed by atoms with E-state index in [9.17, 15) is 0 Å². The Labute approximate surface area is 112 Å². The van der Waals surface area contributed by atoms with Crippen LogP contribution in [-0.4, -0.2) is 24.0 Å². The van der Waals surface area contributed by atoms with Crippen LogP contribution in [0.4, 0.5) is 0 Å². The first kappa shape index (κ1) is 13.4. The van der Waals surface area contributed by atoms with Crippen molar-refractivity contribution in [2.75, 3.05) is 14.2 Å². The summed E-state index contributed by atoms with van der Waals surface area (Å²) in [6.45, 7) is 0. The van der Waals surface area contributed by atoms with Gasteiger partial charge < -0.3 is 15.2 Å². The van der Waals surface area contributed by atoms with Gasteiger partial charge in [-0.1, -0.05) is 6.07 Å². The summed E-state index contributed by atoms with van der Waals surface area (Å²) < 4.78 is 12.3. The number of nitrogens with zero attached hydrogens (tertiary/aromatic N) is 2. The summed E-state index contributed by atoms with van der Waals surface area (Å²) in [6, 6.07) is 5.77. The van der Waals surface area contributed by atoms with Crippen LogP contribution in [-0.2, 0) is 13.5 Å². The highest BCUT2D eigenvalue weighted by Gasteiger charge is 2.11. The average molecular weight is 261 g/mol. The van der Waals surface area contributed by atoms with Crippen molar-refractivity contribution in [1.29, 1.82) is 0 Å². The van der Waals surface area contributed by atoms with Gasteiger partial charge in [0, 0.05) is 24.8 Å². The highest BCUT2D eigenvalue weighted by molar-refractivity contribution is 5.43. The monoisotopic (exact) mass is 261 g/mol. The molecule has 0 fully saturated rings. The summed E-state index contributed by atoms with van der Waals surface area (Å²) in [6.07, 6.45) is 4.46. The van der Waals surface area contributed by atoms with Gasteiger partial charge in [-0.3, -0.25) is 4.68 Å².